The molecule has 0 radical (unpaired) electrons. The van der Waals surface area contributed by atoms with Crippen LogP contribution in [0.4, 0.5) is 10.7 Å². The zero-order valence-electron chi connectivity index (χ0n) is 21.1. The van der Waals surface area contributed by atoms with Gasteiger partial charge in [0.15, 0.2) is 6.17 Å². The van der Waals surface area contributed by atoms with E-state index in [0.29, 0.717) is 29.8 Å². The number of nitrogens with zero attached hydrogens (tertiary/aromatic N) is 5. The van der Waals surface area contributed by atoms with Gasteiger partial charge in [0.2, 0.25) is 5.95 Å². The Labute approximate surface area is 220 Å². The van der Waals surface area contributed by atoms with Crippen molar-refractivity contribution in [3.05, 3.63) is 35.2 Å². The van der Waals surface area contributed by atoms with Crippen LogP contribution in [0.15, 0.2) is 24.5 Å². The van der Waals surface area contributed by atoms with Gasteiger partial charge in [0.05, 0.1) is 46.7 Å². The molecule has 1 unspecified atom stereocenters. The summed E-state index contributed by atoms with van der Waals surface area (Å²) in [6.07, 6.45) is 7.16. The summed E-state index contributed by atoms with van der Waals surface area (Å²) < 4.78 is 8.08. The summed E-state index contributed by atoms with van der Waals surface area (Å²) in [6, 6.07) is 3.99. The Bertz CT molecular complexity index is 1310. The molecule has 2 aliphatic heterocycles. The minimum absolute atomic E-state index is 0.198. The quantitative estimate of drug-likeness (QED) is 0.503. The highest BCUT2D eigenvalue weighted by molar-refractivity contribution is 6.30. The van der Waals surface area contributed by atoms with Crippen LogP contribution in [0.1, 0.15) is 51.4 Å². The first-order valence-electron chi connectivity index (χ1n) is 13.1. The van der Waals surface area contributed by atoms with Crippen molar-refractivity contribution < 1.29 is 14.4 Å². The van der Waals surface area contributed by atoms with Crippen molar-refractivity contribution in [3.8, 4) is 11.3 Å². The van der Waals surface area contributed by atoms with Crippen molar-refractivity contribution in [2.75, 3.05) is 24.7 Å². The second-order valence-electron chi connectivity index (χ2n) is 10.5. The highest BCUT2D eigenvalue weighted by Gasteiger charge is 2.31. The van der Waals surface area contributed by atoms with Gasteiger partial charge in [-0.3, -0.25) is 10.3 Å². The Balaban J connectivity index is 1.54. The van der Waals surface area contributed by atoms with E-state index in [4.69, 9.17) is 31.1 Å². The van der Waals surface area contributed by atoms with Crippen LogP contribution >= 0.6 is 11.6 Å². The smallest absolute Gasteiger partial charge is 0.377 e. The molecule has 1 aliphatic carbocycles. The number of pyridine rings is 2. The number of imidazole rings is 1. The molecule has 1 saturated carbocycles. The van der Waals surface area contributed by atoms with Crippen molar-refractivity contribution >= 4 is 34.7 Å². The van der Waals surface area contributed by atoms with Crippen LogP contribution in [-0.2, 0) is 16.1 Å². The van der Waals surface area contributed by atoms with E-state index in [0.717, 1.165) is 47.2 Å². The van der Waals surface area contributed by atoms with E-state index < -0.39 is 12.3 Å². The second kappa shape index (κ2) is 10.1. The van der Waals surface area contributed by atoms with E-state index >= 15 is 0 Å². The number of amides is 1. The maximum atomic E-state index is 11.7. The first kappa shape index (κ1) is 24.4. The molecule has 5 heterocycles. The number of carbonyl (C=O) groups excluding carboxylic acids is 1. The van der Waals surface area contributed by atoms with Gasteiger partial charge in [0.1, 0.15) is 0 Å². The number of morpholine rings is 1. The monoisotopic (exact) mass is 525 g/mol. The average molecular weight is 526 g/mol. The van der Waals surface area contributed by atoms with Gasteiger partial charge in [-0.2, -0.15) is 0 Å². The number of nitrogens with one attached hydrogen (secondary N) is 2. The number of fused-ring (bicyclic) bond motifs is 1. The van der Waals surface area contributed by atoms with Crippen LogP contribution in [0.5, 0.6) is 0 Å². The van der Waals surface area contributed by atoms with Crippen LogP contribution in [-0.4, -0.2) is 51.4 Å². The van der Waals surface area contributed by atoms with E-state index in [9.17, 15) is 4.79 Å². The molecule has 3 aliphatic rings. The summed E-state index contributed by atoms with van der Waals surface area (Å²) in [5.41, 5.74) is 6.60. The Morgan fingerprint density at radius 2 is 1.97 bits per heavy atom. The zero-order valence-corrected chi connectivity index (χ0v) is 21.9. The van der Waals surface area contributed by atoms with E-state index in [2.05, 4.69) is 39.1 Å². The first-order valence-corrected chi connectivity index (χ1v) is 13.4. The summed E-state index contributed by atoms with van der Waals surface area (Å²) in [7, 11) is 0. The summed E-state index contributed by atoms with van der Waals surface area (Å²) in [5.74, 6) is 2.28. The van der Waals surface area contributed by atoms with Crippen molar-refractivity contribution in [2.45, 2.75) is 58.3 Å². The predicted molar refractivity (Wildman–Crippen MR) is 140 cm³/mol. The average Bonchev–Trinajstić information content (AvgIpc) is 3.49. The van der Waals surface area contributed by atoms with E-state index in [1.165, 1.54) is 25.7 Å². The Morgan fingerprint density at radius 1 is 1.14 bits per heavy atom. The van der Waals surface area contributed by atoms with Gasteiger partial charge in [-0.1, -0.05) is 31.4 Å². The lowest BCUT2D eigenvalue weighted by Gasteiger charge is -2.35. The summed E-state index contributed by atoms with van der Waals surface area (Å²) >= 11 is 6.36. The van der Waals surface area contributed by atoms with Gasteiger partial charge >= 0.3 is 6.09 Å². The van der Waals surface area contributed by atoms with Crippen molar-refractivity contribution in [1.82, 2.24) is 30.3 Å². The third kappa shape index (κ3) is 4.85. The molecule has 0 spiro atoms. The Morgan fingerprint density at radius 3 is 2.70 bits per heavy atom. The molecule has 1 amide bonds. The number of anilines is 1. The third-order valence-electron chi connectivity index (χ3n) is 7.73. The van der Waals surface area contributed by atoms with E-state index in [-0.39, 0.29) is 6.04 Å². The van der Waals surface area contributed by atoms with Gasteiger partial charge < -0.3 is 19.0 Å². The van der Waals surface area contributed by atoms with E-state index in [1.807, 2.05) is 12.1 Å². The molecule has 37 heavy (non-hydrogen) atoms. The van der Waals surface area contributed by atoms with Crippen molar-refractivity contribution in [2.24, 2.45) is 11.8 Å². The lowest BCUT2D eigenvalue weighted by molar-refractivity contribution is 0.0976. The SMILES string of the molecule is CC1CCC(Cn2c(N3CCOC[C@H]3C)nc3cc(C4NOC(=O)N4)nc(-c4cncc(Cl)c4)c32)CC1. The molecule has 10 nitrogen and oxygen atoms in total. The number of hydrogen-bond acceptors (Lipinski definition) is 8. The number of hydrogen-bond donors (Lipinski definition) is 2. The normalized spacial score (nSPS) is 26.4. The molecular formula is C26H32ClN7O3. The van der Waals surface area contributed by atoms with Crippen LogP contribution in [0.25, 0.3) is 22.3 Å². The highest BCUT2D eigenvalue weighted by atomic mass is 35.5. The minimum atomic E-state index is -0.585. The molecule has 0 bridgehead atoms. The van der Waals surface area contributed by atoms with Crippen LogP contribution < -0.4 is 15.7 Å². The minimum Gasteiger partial charge on any atom is -0.377 e. The lowest BCUT2D eigenvalue weighted by atomic mass is 9.83. The molecule has 0 aromatic carbocycles. The Kier molecular flexibility index (Phi) is 6.64. The second-order valence-corrected chi connectivity index (χ2v) is 10.9. The Hall–Kier alpha value is -2.95. The van der Waals surface area contributed by atoms with Gasteiger partial charge in [-0.15, -0.1) is 5.48 Å². The topological polar surface area (TPSA) is 106 Å². The maximum Gasteiger partial charge on any atom is 0.427 e. The van der Waals surface area contributed by atoms with Gasteiger partial charge in [0, 0.05) is 31.0 Å². The number of carbonyl (C=O) groups is 1. The van der Waals surface area contributed by atoms with Crippen molar-refractivity contribution in [1.29, 1.82) is 0 Å². The number of aromatic nitrogens is 4. The molecule has 2 saturated heterocycles. The van der Waals surface area contributed by atoms with Gasteiger partial charge in [-0.05, 0) is 43.7 Å². The molecule has 3 fully saturated rings. The van der Waals surface area contributed by atoms with Crippen LogP contribution in [0.2, 0.25) is 5.02 Å². The fourth-order valence-corrected chi connectivity index (χ4v) is 5.84. The molecular weight excluding hydrogens is 494 g/mol. The molecule has 2 N–H and O–H groups in total. The lowest BCUT2D eigenvalue weighted by Crippen LogP contribution is -2.45. The molecule has 6 rings (SSSR count). The van der Waals surface area contributed by atoms with E-state index in [1.54, 1.807) is 12.4 Å². The number of rotatable bonds is 5. The standard InChI is InChI=1S/C26H32ClN7O3/c1-15-3-5-17(6-4-15)13-34-23-20(30-25(34)33-7-8-36-14-16(33)2)10-21(24-31-26(35)37-32-24)29-22(23)18-9-19(27)12-28-11-18/h9-12,15-17,24,32H,3-8,13-14H2,1-2H3,(H,31,35)/t15?,16-,17?,24?/m1/s1. The largest absolute Gasteiger partial charge is 0.427 e. The van der Waals surface area contributed by atoms with Crippen molar-refractivity contribution in [3.63, 3.8) is 0 Å². The summed E-state index contributed by atoms with van der Waals surface area (Å²) in [6.45, 7) is 7.48. The molecule has 196 valence electrons. The van der Waals surface area contributed by atoms with Gasteiger partial charge in [-0.25, -0.2) is 14.8 Å². The molecule has 11 heteroatoms. The maximum absolute atomic E-state index is 11.7. The van der Waals surface area contributed by atoms with Gasteiger partial charge in [0.25, 0.3) is 0 Å². The number of ether oxygens (including phenoxy) is 1. The third-order valence-corrected chi connectivity index (χ3v) is 7.94. The summed E-state index contributed by atoms with van der Waals surface area (Å²) in [5, 5.41) is 3.28. The molecule has 3 aromatic rings. The fourth-order valence-electron chi connectivity index (χ4n) is 5.66. The number of halogens is 1. The van der Waals surface area contributed by atoms with Crippen LogP contribution in [0, 0.1) is 11.8 Å². The predicted octanol–water partition coefficient (Wildman–Crippen LogP) is 4.44. The molecule has 3 aromatic heterocycles. The highest BCUT2D eigenvalue weighted by Crippen LogP contribution is 2.37. The number of hydroxylamine groups is 1. The molecule has 2 atom stereocenters. The zero-order chi connectivity index (χ0) is 25.5. The fraction of sp³-hybridized carbons (Fsp3) is 0.538. The van der Waals surface area contributed by atoms with Crippen LogP contribution in [0.3, 0.4) is 0 Å². The first-order chi connectivity index (χ1) is 18.0. The summed E-state index contributed by atoms with van der Waals surface area (Å²) in [4.78, 5) is 33.5.